The average molecular weight is 328 g/mol. The van der Waals surface area contributed by atoms with Crippen LogP contribution in [0.1, 0.15) is 36.3 Å². The minimum absolute atomic E-state index is 0. The normalized spacial score (nSPS) is 10.4. The van der Waals surface area contributed by atoms with E-state index in [1.165, 1.54) is 11.1 Å². The second-order valence-electron chi connectivity index (χ2n) is 4.84. The molecule has 4 nitrogen and oxygen atoms in total. The molecule has 0 saturated heterocycles. The number of aryl methyl sites for hydroxylation is 2. The zero-order valence-corrected chi connectivity index (χ0v) is 13.9. The molecule has 0 aliphatic rings. The highest BCUT2D eigenvalue weighted by atomic mass is 35.5. The summed E-state index contributed by atoms with van der Waals surface area (Å²) in [5, 5.41) is 8.79. The fraction of sp³-hybridized carbons (Fsp3) is 0.467. The summed E-state index contributed by atoms with van der Waals surface area (Å²) in [7, 11) is 0. The topological polar surface area (TPSA) is 64.9 Å². The van der Waals surface area contributed by atoms with Gasteiger partial charge in [0.15, 0.2) is 0 Å². The van der Waals surface area contributed by atoms with Gasteiger partial charge in [0.25, 0.3) is 5.22 Å². The number of rotatable bonds is 8. The van der Waals surface area contributed by atoms with Gasteiger partial charge in [-0.25, -0.2) is 0 Å². The lowest BCUT2D eigenvalue weighted by molar-refractivity contribution is 0.407. The number of hydrogen-bond acceptors (Lipinski definition) is 5. The monoisotopic (exact) mass is 327 g/mol. The number of unbranched alkanes of at least 4 members (excludes halogenated alkanes) is 2. The zero-order chi connectivity index (χ0) is 14.2. The van der Waals surface area contributed by atoms with Crippen LogP contribution < -0.4 is 5.73 Å². The van der Waals surface area contributed by atoms with Crippen LogP contribution in [0.25, 0.3) is 0 Å². The number of hydrogen-bond donors (Lipinski definition) is 1. The van der Waals surface area contributed by atoms with Crippen molar-refractivity contribution >= 4 is 24.2 Å². The summed E-state index contributed by atoms with van der Waals surface area (Å²) in [6.45, 7) is 2.84. The van der Waals surface area contributed by atoms with Crippen molar-refractivity contribution in [2.45, 2.75) is 43.6 Å². The summed E-state index contributed by atoms with van der Waals surface area (Å²) in [6.07, 6.45) is 4.08. The van der Waals surface area contributed by atoms with Crippen LogP contribution in [0.2, 0.25) is 0 Å². The quantitative estimate of drug-likeness (QED) is 0.590. The maximum atomic E-state index is 5.62. The Kier molecular flexibility index (Phi) is 8.42. The van der Waals surface area contributed by atoms with E-state index >= 15 is 0 Å². The summed E-state index contributed by atoms with van der Waals surface area (Å²) in [5.74, 6) is 1.59. The number of thioether (sulfide) groups is 1. The van der Waals surface area contributed by atoms with E-state index in [1.54, 1.807) is 11.8 Å². The van der Waals surface area contributed by atoms with E-state index in [4.69, 9.17) is 10.2 Å². The number of benzene rings is 1. The highest BCUT2D eigenvalue weighted by Gasteiger charge is 2.06. The van der Waals surface area contributed by atoms with E-state index in [1.807, 2.05) is 0 Å². The average Bonchev–Trinajstić information content (AvgIpc) is 2.91. The molecule has 6 heteroatoms. The first-order valence-electron chi connectivity index (χ1n) is 6.98. The van der Waals surface area contributed by atoms with E-state index in [0.29, 0.717) is 5.22 Å². The Morgan fingerprint density at radius 3 is 2.57 bits per heavy atom. The molecule has 2 aromatic rings. The molecule has 0 aliphatic carbocycles. The molecule has 1 aromatic heterocycles. The van der Waals surface area contributed by atoms with Gasteiger partial charge in [0, 0.05) is 12.2 Å². The third-order valence-corrected chi connectivity index (χ3v) is 3.92. The SMILES string of the molecule is Cc1ccc(CSc2nnc(CCCCCN)o2)cc1.Cl. The van der Waals surface area contributed by atoms with Crippen molar-refractivity contribution in [1.29, 1.82) is 0 Å². The van der Waals surface area contributed by atoms with Crippen molar-refractivity contribution in [3.63, 3.8) is 0 Å². The summed E-state index contributed by atoms with van der Waals surface area (Å²) in [6, 6.07) is 8.50. The van der Waals surface area contributed by atoms with Crippen LogP contribution in [0.4, 0.5) is 0 Å². The highest BCUT2D eigenvalue weighted by Crippen LogP contribution is 2.22. The molecular weight excluding hydrogens is 306 g/mol. The lowest BCUT2D eigenvalue weighted by Gasteiger charge is -1.98. The van der Waals surface area contributed by atoms with Gasteiger partial charge >= 0.3 is 0 Å². The lowest BCUT2D eigenvalue weighted by atomic mass is 10.2. The van der Waals surface area contributed by atoms with E-state index in [2.05, 4.69) is 41.4 Å². The van der Waals surface area contributed by atoms with Gasteiger partial charge in [-0.2, -0.15) is 0 Å². The van der Waals surface area contributed by atoms with Gasteiger partial charge in [-0.3, -0.25) is 0 Å². The molecule has 0 fully saturated rings. The van der Waals surface area contributed by atoms with Crippen molar-refractivity contribution < 1.29 is 4.42 Å². The number of nitrogens with two attached hydrogens (primary N) is 1. The van der Waals surface area contributed by atoms with E-state index in [0.717, 1.165) is 43.9 Å². The van der Waals surface area contributed by atoms with Crippen LogP contribution in [-0.2, 0) is 12.2 Å². The van der Waals surface area contributed by atoms with Gasteiger partial charge in [-0.15, -0.1) is 22.6 Å². The fourth-order valence-electron chi connectivity index (χ4n) is 1.82. The van der Waals surface area contributed by atoms with Gasteiger partial charge in [0.1, 0.15) is 0 Å². The molecule has 0 unspecified atom stereocenters. The van der Waals surface area contributed by atoms with Crippen LogP contribution in [0, 0.1) is 6.92 Å². The molecule has 0 atom stereocenters. The van der Waals surface area contributed by atoms with Gasteiger partial charge < -0.3 is 10.2 Å². The first-order valence-corrected chi connectivity index (χ1v) is 7.97. The maximum absolute atomic E-state index is 5.62. The van der Waals surface area contributed by atoms with Crippen LogP contribution in [0.5, 0.6) is 0 Å². The smallest absolute Gasteiger partial charge is 0.276 e. The van der Waals surface area contributed by atoms with Gasteiger partial charge in [-0.05, 0) is 31.9 Å². The molecule has 0 aliphatic heterocycles. The number of aromatic nitrogens is 2. The molecule has 2 rings (SSSR count). The predicted octanol–water partition coefficient (Wildman–Crippen LogP) is 3.76. The Morgan fingerprint density at radius 2 is 1.86 bits per heavy atom. The summed E-state index contributed by atoms with van der Waals surface area (Å²) in [4.78, 5) is 0. The Morgan fingerprint density at radius 1 is 1.10 bits per heavy atom. The predicted molar refractivity (Wildman–Crippen MR) is 88.9 cm³/mol. The third-order valence-electron chi connectivity index (χ3n) is 3.03. The molecule has 21 heavy (non-hydrogen) atoms. The Hall–Kier alpha value is -1.04. The molecule has 0 radical (unpaired) electrons. The Bertz CT molecular complexity index is 516. The van der Waals surface area contributed by atoms with Crippen LogP contribution in [0.3, 0.4) is 0 Å². The largest absolute Gasteiger partial charge is 0.416 e. The van der Waals surface area contributed by atoms with Crippen molar-refractivity contribution in [1.82, 2.24) is 10.2 Å². The van der Waals surface area contributed by atoms with Crippen molar-refractivity contribution in [3.8, 4) is 0 Å². The van der Waals surface area contributed by atoms with Crippen LogP contribution >= 0.6 is 24.2 Å². The minimum atomic E-state index is 0. The van der Waals surface area contributed by atoms with Crippen molar-refractivity contribution in [2.24, 2.45) is 5.73 Å². The van der Waals surface area contributed by atoms with Crippen LogP contribution in [-0.4, -0.2) is 16.7 Å². The van der Waals surface area contributed by atoms with Gasteiger partial charge in [-0.1, -0.05) is 48.0 Å². The molecule has 116 valence electrons. The molecule has 0 saturated carbocycles. The van der Waals surface area contributed by atoms with Gasteiger partial charge in [0.2, 0.25) is 5.89 Å². The zero-order valence-electron chi connectivity index (χ0n) is 12.2. The molecule has 0 amide bonds. The standard InChI is InChI=1S/C15H21N3OS.ClH/c1-12-6-8-13(9-7-12)11-20-15-18-17-14(19-15)5-3-2-4-10-16;/h6-9H,2-5,10-11,16H2,1H3;1H. The molecule has 0 bridgehead atoms. The second-order valence-corrected chi connectivity index (χ2v) is 5.76. The maximum Gasteiger partial charge on any atom is 0.276 e. The van der Waals surface area contributed by atoms with E-state index in [-0.39, 0.29) is 12.4 Å². The Labute approximate surface area is 136 Å². The number of nitrogens with zero attached hydrogens (tertiary/aromatic N) is 2. The first-order chi connectivity index (χ1) is 9.78. The molecular formula is C15H22ClN3OS. The molecule has 1 aromatic carbocycles. The van der Waals surface area contributed by atoms with Gasteiger partial charge in [0.05, 0.1) is 0 Å². The summed E-state index contributed by atoms with van der Waals surface area (Å²) in [5.41, 5.74) is 8.00. The summed E-state index contributed by atoms with van der Waals surface area (Å²) < 4.78 is 5.62. The summed E-state index contributed by atoms with van der Waals surface area (Å²) >= 11 is 1.58. The highest BCUT2D eigenvalue weighted by molar-refractivity contribution is 7.98. The molecule has 0 spiro atoms. The third kappa shape index (κ3) is 6.50. The van der Waals surface area contributed by atoms with Crippen LogP contribution in [0.15, 0.2) is 33.9 Å². The van der Waals surface area contributed by atoms with E-state index < -0.39 is 0 Å². The van der Waals surface area contributed by atoms with Crippen molar-refractivity contribution in [3.05, 3.63) is 41.3 Å². The first kappa shape index (κ1) is 18.0. The fourth-order valence-corrected chi connectivity index (χ4v) is 2.56. The lowest BCUT2D eigenvalue weighted by Crippen LogP contribution is -1.98. The Balaban J connectivity index is 0.00000220. The minimum Gasteiger partial charge on any atom is -0.416 e. The number of halogens is 1. The van der Waals surface area contributed by atoms with E-state index in [9.17, 15) is 0 Å². The van der Waals surface area contributed by atoms with Crippen molar-refractivity contribution in [2.75, 3.05) is 6.54 Å². The molecule has 1 heterocycles. The molecule has 2 N–H and O–H groups in total. The second kappa shape index (κ2) is 9.82.